The second kappa shape index (κ2) is 9.97. The molecule has 1 atom stereocenters. The lowest BCUT2D eigenvalue weighted by Crippen LogP contribution is -2.47. The highest BCUT2D eigenvalue weighted by atomic mass is 16.5. The first kappa shape index (κ1) is 22.6. The number of ether oxygens (including phenoxy) is 1. The molecular weight excluding hydrogens is 430 g/mol. The number of carbonyl (C=O) groups excluding carboxylic acids is 1. The second-order valence-electron chi connectivity index (χ2n) is 9.10. The van der Waals surface area contributed by atoms with Crippen LogP contribution in [0.2, 0.25) is 0 Å². The summed E-state index contributed by atoms with van der Waals surface area (Å²) in [5.41, 5.74) is 5.42. The number of aromatic amines is 1. The van der Waals surface area contributed by atoms with Crippen molar-refractivity contribution in [3.05, 3.63) is 59.9 Å². The monoisotopic (exact) mass is 461 g/mol. The van der Waals surface area contributed by atoms with Gasteiger partial charge in [-0.1, -0.05) is 0 Å². The number of rotatable bonds is 7. The standard InChI is InChI=1S/C26H31N5O3/c1-30-10-12-31(13-11-30)16-20(32)17-34-21-4-2-18(3-5-21)24-14-19(6-8-27-24)25-15-22-23(29-25)7-9-28-26(22)33/h2-6,8,14-15,20,29,32H,7,9-13,16-17H2,1H3,(H,28,33). The van der Waals surface area contributed by atoms with Gasteiger partial charge >= 0.3 is 0 Å². The van der Waals surface area contributed by atoms with Gasteiger partial charge in [0.15, 0.2) is 0 Å². The largest absolute Gasteiger partial charge is 0.491 e. The first-order chi connectivity index (χ1) is 16.5. The van der Waals surface area contributed by atoms with E-state index in [1.54, 1.807) is 6.20 Å². The number of fused-ring (bicyclic) bond motifs is 1. The lowest BCUT2D eigenvalue weighted by molar-refractivity contribution is 0.0505. The van der Waals surface area contributed by atoms with E-state index in [1.807, 2.05) is 42.5 Å². The zero-order chi connectivity index (χ0) is 23.5. The molecule has 1 aromatic carbocycles. The van der Waals surface area contributed by atoms with Crippen LogP contribution in [0.25, 0.3) is 22.5 Å². The molecule has 0 saturated carbocycles. The maximum atomic E-state index is 12.1. The zero-order valence-corrected chi connectivity index (χ0v) is 19.5. The Balaban J connectivity index is 1.20. The number of aliphatic hydroxyl groups is 1. The minimum atomic E-state index is -0.518. The van der Waals surface area contributed by atoms with E-state index in [2.05, 4.69) is 32.1 Å². The van der Waals surface area contributed by atoms with E-state index in [0.29, 0.717) is 13.1 Å². The molecule has 1 saturated heterocycles. The number of aromatic nitrogens is 2. The summed E-state index contributed by atoms with van der Waals surface area (Å²) in [6.07, 6.45) is 2.07. The fourth-order valence-electron chi connectivity index (χ4n) is 4.50. The normalized spacial score (nSPS) is 17.8. The average molecular weight is 462 g/mol. The third-order valence-electron chi connectivity index (χ3n) is 6.53. The van der Waals surface area contributed by atoms with Crippen LogP contribution in [0, 0.1) is 0 Å². The molecule has 8 heteroatoms. The molecule has 0 radical (unpaired) electrons. The molecule has 4 heterocycles. The van der Waals surface area contributed by atoms with Crippen molar-refractivity contribution >= 4 is 5.91 Å². The van der Waals surface area contributed by atoms with Gasteiger partial charge in [0.2, 0.25) is 0 Å². The maximum absolute atomic E-state index is 12.1. The first-order valence-corrected chi connectivity index (χ1v) is 11.8. The van der Waals surface area contributed by atoms with Crippen LogP contribution in [0.1, 0.15) is 16.1 Å². The predicted molar refractivity (Wildman–Crippen MR) is 131 cm³/mol. The molecule has 0 aliphatic carbocycles. The number of nitrogens with zero attached hydrogens (tertiary/aromatic N) is 3. The molecule has 3 N–H and O–H groups in total. The summed E-state index contributed by atoms with van der Waals surface area (Å²) in [6, 6.07) is 13.6. The topological polar surface area (TPSA) is 93.7 Å². The van der Waals surface area contributed by atoms with Gasteiger partial charge in [-0.05, 0) is 49.5 Å². The lowest BCUT2D eigenvalue weighted by atomic mass is 10.1. The quantitative estimate of drug-likeness (QED) is 0.499. The maximum Gasteiger partial charge on any atom is 0.253 e. The van der Waals surface area contributed by atoms with Gasteiger partial charge in [0.25, 0.3) is 5.91 Å². The molecule has 3 aromatic rings. The fourth-order valence-corrected chi connectivity index (χ4v) is 4.50. The zero-order valence-electron chi connectivity index (χ0n) is 19.5. The van der Waals surface area contributed by atoms with Crippen molar-refractivity contribution in [3.8, 4) is 28.3 Å². The number of β-amino-alcohol motifs (C(OH)–C–C–N with tert-alkyl or cyclic N) is 1. The van der Waals surface area contributed by atoms with E-state index in [-0.39, 0.29) is 12.5 Å². The van der Waals surface area contributed by atoms with E-state index in [0.717, 1.165) is 72.1 Å². The number of hydrogen-bond acceptors (Lipinski definition) is 6. The smallest absolute Gasteiger partial charge is 0.253 e. The highest BCUT2D eigenvalue weighted by Crippen LogP contribution is 2.28. The molecule has 2 aliphatic rings. The van der Waals surface area contributed by atoms with Crippen LogP contribution >= 0.6 is 0 Å². The number of amides is 1. The molecule has 0 spiro atoms. The summed E-state index contributed by atoms with van der Waals surface area (Å²) in [6.45, 7) is 5.59. The molecule has 1 unspecified atom stereocenters. The second-order valence-corrected chi connectivity index (χ2v) is 9.10. The number of nitrogens with one attached hydrogen (secondary N) is 2. The molecule has 2 aliphatic heterocycles. The third kappa shape index (κ3) is 5.14. The Bertz CT molecular complexity index is 1140. The number of benzene rings is 1. The molecule has 178 valence electrons. The van der Waals surface area contributed by atoms with Crippen molar-refractivity contribution in [2.75, 3.05) is 52.9 Å². The van der Waals surface area contributed by atoms with Crippen LogP contribution < -0.4 is 10.1 Å². The molecule has 0 bridgehead atoms. The molecule has 2 aromatic heterocycles. The van der Waals surface area contributed by atoms with Crippen LogP contribution in [0.3, 0.4) is 0 Å². The van der Waals surface area contributed by atoms with Crippen molar-refractivity contribution < 1.29 is 14.6 Å². The lowest BCUT2D eigenvalue weighted by Gasteiger charge is -2.33. The van der Waals surface area contributed by atoms with E-state index in [9.17, 15) is 9.90 Å². The van der Waals surface area contributed by atoms with Crippen molar-refractivity contribution in [1.82, 2.24) is 25.1 Å². The number of likely N-dealkylation sites (N-methyl/N-ethyl adjacent to an activating group) is 1. The fraction of sp³-hybridized carbons (Fsp3) is 0.385. The summed E-state index contributed by atoms with van der Waals surface area (Å²) >= 11 is 0. The number of carbonyl (C=O) groups is 1. The molecule has 8 nitrogen and oxygen atoms in total. The van der Waals surface area contributed by atoms with Gasteiger partial charge in [0.1, 0.15) is 18.5 Å². The molecule has 34 heavy (non-hydrogen) atoms. The Kier molecular flexibility index (Phi) is 6.62. The molecule has 5 rings (SSSR count). The summed E-state index contributed by atoms with van der Waals surface area (Å²) in [5.74, 6) is 0.697. The Labute approximate surface area is 199 Å². The molecule has 1 amide bonds. The number of pyridine rings is 1. The molecular formula is C26H31N5O3. The van der Waals surface area contributed by atoms with Crippen LogP contribution in [0.5, 0.6) is 5.75 Å². The van der Waals surface area contributed by atoms with E-state index in [1.165, 1.54) is 0 Å². The van der Waals surface area contributed by atoms with Crippen molar-refractivity contribution in [2.24, 2.45) is 0 Å². The van der Waals surface area contributed by atoms with Gasteiger partial charge in [-0.25, -0.2) is 0 Å². The van der Waals surface area contributed by atoms with Gasteiger partial charge in [-0.3, -0.25) is 14.7 Å². The van der Waals surface area contributed by atoms with Gasteiger partial charge in [0, 0.05) is 74.4 Å². The SMILES string of the molecule is CN1CCN(CC(O)COc2ccc(-c3cc(-c4cc5c([nH]4)CCNC5=O)ccn3)cc2)CC1. The highest BCUT2D eigenvalue weighted by molar-refractivity contribution is 5.97. The van der Waals surface area contributed by atoms with Crippen LogP contribution in [-0.4, -0.2) is 89.8 Å². The Hall–Kier alpha value is -3.20. The predicted octanol–water partition coefficient (Wildman–Crippen LogP) is 2.02. The van der Waals surface area contributed by atoms with E-state index >= 15 is 0 Å². The van der Waals surface area contributed by atoms with Crippen LogP contribution in [0.4, 0.5) is 0 Å². The Morgan fingerprint density at radius 1 is 1.09 bits per heavy atom. The number of piperazine rings is 1. The van der Waals surface area contributed by atoms with Crippen molar-refractivity contribution in [3.63, 3.8) is 0 Å². The minimum absolute atomic E-state index is 0.0257. The summed E-state index contributed by atoms with van der Waals surface area (Å²) in [7, 11) is 2.12. The van der Waals surface area contributed by atoms with Crippen molar-refractivity contribution in [2.45, 2.75) is 12.5 Å². The third-order valence-corrected chi connectivity index (χ3v) is 6.53. The molecule has 1 fully saturated rings. The highest BCUT2D eigenvalue weighted by Gasteiger charge is 2.20. The van der Waals surface area contributed by atoms with E-state index < -0.39 is 6.10 Å². The first-order valence-electron chi connectivity index (χ1n) is 11.8. The summed E-state index contributed by atoms with van der Waals surface area (Å²) < 4.78 is 5.82. The number of hydrogen-bond donors (Lipinski definition) is 3. The van der Waals surface area contributed by atoms with Crippen molar-refractivity contribution in [1.29, 1.82) is 0 Å². The van der Waals surface area contributed by atoms with Crippen LogP contribution in [0.15, 0.2) is 48.7 Å². The summed E-state index contributed by atoms with van der Waals surface area (Å²) in [5, 5.41) is 13.2. The summed E-state index contributed by atoms with van der Waals surface area (Å²) in [4.78, 5) is 24.6. The minimum Gasteiger partial charge on any atom is -0.491 e. The van der Waals surface area contributed by atoms with Crippen LogP contribution in [-0.2, 0) is 6.42 Å². The number of H-pyrrole nitrogens is 1. The van der Waals surface area contributed by atoms with Gasteiger partial charge in [-0.15, -0.1) is 0 Å². The van der Waals surface area contributed by atoms with Gasteiger partial charge in [0.05, 0.1) is 11.3 Å². The number of aliphatic hydroxyl groups excluding tert-OH is 1. The van der Waals surface area contributed by atoms with E-state index in [4.69, 9.17) is 4.74 Å². The Morgan fingerprint density at radius 3 is 2.65 bits per heavy atom. The Morgan fingerprint density at radius 2 is 1.88 bits per heavy atom. The average Bonchev–Trinajstić information content (AvgIpc) is 3.31. The van der Waals surface area contributed by atoms with Gasteiger partial charge < -0.3 is 25.0 Å². The van der Waals surface area contributed by atoms with Gasteiger partial charge in [-0.2, -0.15) is 0 Å².